The van der Waals surface area contributed by atoms with Gasteiger partial charge in [0.1, 0.15) is 5.01 Å². The summed E-state index contributed by atoms with van der Waals surface area (Å²) in [6.07, 6.45) is 0.749. The lowest BCUT2D eigenvalue weighted by Gasteiger charge is -2.04. The zero-order chi connectivity index (χ0) is 15.5. The quantitative estimate of drug-likeness (QED) is 0.771. The van der Waals surface area contributed by atoms with E-state index in [4.69, 9.17) is 4.42 Å². The van der Waals surface area contributed by atoms with Crippen molar-refractivity contribution in [2.45, 2.75) is 33.7 Å². The number of aromatic nitrogens is 3. The minimum absolute atomic E-state index is 0.564. The van der Waals surface area contributed by atoms with E-state index in [2.05, 4.69) is 27.4 Å². The molecule has 22 heavy (non-hydrogen) atoms. The van der Waals surface area contributed by atoms with E-state index in [1.807, 2.05) is 38.1 Å². The van der Waals surface area contributed by atoms with Crippen molar-refractivity contribution in [2.24, 2.45) is 0 Å². The molecule has 0 saturated carbocycles. The van der Waals surface area contributed by atoms with E-state index >= 15 is 0 Å². The molecule has 114 valence electrons. The molecule has 0 amide bonds. The van der Waals surface area contributed by atoms with Gasteiger partial charge in [-0.2, -0.15) is 0 Å². The van der Waals surface area contributed by atoms with Crippen molar-refractivity contribution in [2.75, 3.05) is 5.32 Å². The van der Waals surface area contributed by atoms with Crippen LogP contribution in [0.3, 0.4) is 0 Å². The second-order valence-corrected chi connectivity index (χ2v) is 6.32. The Morgan fingerprint density at radius 1 is 1.14 bits per heavy atom. The van der Waals surface area contributed by atoms with Gasteiger partial charge in [0, 0.05) is 22.5 Å². The van der Waals surface area contributed by atoms with E-state index in [1.165, 1.54) is 4.88 Å². The highest BCUT2D eigenvalue weighted by Crippen LogP contribution is 2.22. The van der Waals surface area contributed by atoms with Gasteiger partial charge in [0.25, 0.3) is 0 Å². The molecule has 2 heterocycles. The number of benzene rings is 1. The zero-order valence-electron chi connectivity index (χ0n) is 12.9. The molecule has 0 aliphatic carbocycles. The molecular weight excluding hydrogens is 296 g/mol. The fourth-order valence-corrected chi connectivity index (χ4v) is 2.91. The number of thiazole rings is 1. The molecule has 0 aliphatic heterocycles. The maximum atomic E-state index is 5.55. The van der Waals surface area contributed by atoms with E-state index in [-0.39, 0.29) is 0 Å². The van der Waals surface area contributed by atoms with Crippen LogP contribution in [0.4, 0.5) is 5.69 Å². The van der Waals surface area contributed by atoms with E-state index in [0.29, 0.717) is 11.8 Å². The minimum Gasteiger partial charge on any atom is -0.421 e. The molecule has 0 radical (unpaired) electrons. The second-order valence-electron chi connectivity index (χ2n) is 5.03. The summed E-state index contributed by atoms with van der Waals surface area (Å²) in [5.74, 6) is 1.22. The Hall–Kier alpha value is -2.21. The average Bonchev–Trinajstić information content (AvgIpc) is 3.13. The normalized spacial score (nSPS) is 10.9. The van der Waals surface area contributed by atoms with Crippen LogP contribution in [0.5, 0.6) is 0 Å². The minimum atomic E-state index is 0.564. The molecule has 0 saturated heterocycles. The summed E-state index contributed by atoms with van der Waals surface area (Å²) in [5, 5.41) is 12.5. The lowest BCUT2D eigenvalue weighted by atomic mass is 10.2. The van der Waals surface area contributed by atoms with Gasteiger partial charge in [0.2, 0.25) is 11.8 Å². The fraction of sp³-hybridized carbons (Fsp3) is 0.312. The molecule has 5 nitrogen and oxygen atoms in total. The molecule has 3 aromatic rings. The van der Waals surface area contributed by atoms with Crippen molar-refractivity contribution in [1.29, 1.82) is 0 Å². The molecule has 6 heteroatoms. The predicted molar refractivity (Wildman–Crippen MR) is 88.0 cm³/mol. The summed E-state index contributed by atoms with van der Waals surface area (Å²) < 4.78 is 5.55. The maximum Gasteiger partial charge on any atom is 0.247 e. The molecule has 0 unspecified atom stereocenters. The van der Waals surface area contributed by atoms with Crippen LogP contribution in [0.25, 0.3) is 11.5 Å². The standard InChI is InChI=1S/C16H18N4OS/c1-4-14-19-20-16(21-14)12-5-7-13(8-6-12)17-9-15-18-10(2)11(3)22-15/h5-8,17H,4,9H2,1-3H3. The van der Waals surface area contributed by atoms with E-state index in [0.717, 1.165) is 34.9 Å². The molecule has 1 aromatic carbocycles. The lowest BCUT2D eigenvalue weighted by molar-refractivity contribution is 0.513. The first-order chi connectivity index (χ1) is 10.7. The Bertz CT molecular complexity index is 741. The monoisotopic (exact) mass is 314 g/mol. The van der Waals surface area contributed by atoms with Crippen molar-refractivity contribution in [3.05, 3.63) is 45.7 Å². The molecule has 0 atom stereocenters. The zero-order valence-corrected chi connectivity index (χ0v) is 13.7. The topological polar surface area (TPSA) is 63.8 Å². The van der Waals surface area contributed by atoms with Crippen LogP contribution < -0.4 is 5.32 Å². The smallest absolute Gasteiger partial charge is 0.247 e. The molecule has 0 spiro atoms. The summed E-state index contributed by atoms with van der Waals surface area (Å²) in [6, 6.07) is 7.98. The average molecular weight is 314 g/mol. The second kappa shape index (κ2) is 6.27. The highest BCUT2D eigenvalue weighted by atomic mass is 32.1. The third-order valence-electron chi connectivity index (χ3n) is 3.42. The van der Waals surface area contributed by atoms with Crippen molar-refractivity contribution >= 4 is 17.0 Å². The Labute approximate surface area is 133 Å². The largest absolute Gasteiger partial charge is 0.421 e. The highest BCUT2D eigenvalue weighted by molar-refractivity contribution is 7.11. The number of anilines is 1. The van der Waals surface area contributed by atoms with Gasteiger partial charge in [-0.25, -0.2) is 4.98 Å². The van der Waals surface area contributed by atoms with Crippen LogP contribution in [0, 0.1) is 13.8 Å². The molecule has 1 N–H and O–H groups in total. The van der Waals surface area contributed by atoms with E-state index in [9.17, 15) is 0 Å². The van der Waals surface area contributed by atoms with Crippen LogP contribution in [-0.4, -0.2) is 15.2 Å². The Morgan fingerprint density at radius 3 is 2.50 bits per heavy atom. The lowest BCUT2D eigenvalue weighted by Crippen LogP contribution is -1.98. The van der Waals surface area contributed by atoms with Crippen LogP contribution in [0.15, 0.2) is 28.7 Å². The molecule has 2 aromatic heterocycles. The van der Waals surface area contributed by atoms with Crippen LogP contribution in [0.1, 0.15) is 28.4 Å². The first-order valence-corrected chi connectivity index (χ1v) is 8.07. The number of nitrogens with zero attached hydrogens (tertiary/aromatic N) is 3. The molecular formula is C16H18N4OS. The first-order valence-electron chi connectivity index (χ1n) is 7.25. The summed E-state index contributed by atoms with van der Waals surface area (Å²) in [6.45, 7) is 6.87. The summed E-state index contributed by atoms with van der Waals surface area (Å²) in [4.78, 5) is 5.80. The van der Waals surface area contributed by atoms with Crippen molar-refractivity contribution in [3.63, 3.8) is 0 Å². The van der Waals surface area contributed by atoms with Crippen LogP contribution in [-0.2, 0) is 13.0 Å². The fourth-order valence-electron chi connectivity index (χ4n) is 2.04. The van der Waals surface area contributed by atoms with Crippen molar-refractivity contribution in [1.82, 2.24) is 15.2 Å². The van der Waals surface area contributed by atoms with Crippen LogP contribution >= 0.6 is 11.3 Å². The third kappa shape index (κ3) is 3.17. The third-order valence-corrected chi connectivity index (χ3v) is 4.49. The molecule has 0 fully saturated rings. The van der Waals surface area contributed by atoms with Crippen molar-refractivity contribution in [3.8, 4) is 11.5 Å². The van der Waals surface area contributed by atoms with Gasteiger partial charge in [-0.3, -0.25) is 0 Å². The van der Waals surface area contributed by atoms with Gasteiger partial charge in [-0.1, -0.05) is 6.92 Å². The van der Waals surface area contributed by atoms with Gasteiger partial charge in [0.15, 0.2) is 0 Å². The number of nitrogens with one attached hydrogen (secondary N) is 1. The Morgan fingerprint density at radius 2 is 1.91 bits per heavy atom. The molecule has 0 bridgehead atoms. The SMILES string of the molecule is CCc1nnc(-c2ccc(NCc3nc(C)c(C)s3)cc2)o1. The highest BCUT2D eigenvalue weighted by Gasteiger charge is 2.07. The number of rotatable bonds is 5. The first kappa shape index (κ1) is 14.7. The van der Waals surface area contributed by atoms with Gasteiger partial charge >= 0.3 is 0 Å². The Balaban J connectivity index is 1.66. The molecule has 3 rings (SSSR count). The summed E-state index contributed by atoms with van der Waals surface area (Å²) in [7, 11) is 0. The number of hydrogen-bond acceptors (Lipinski definition) is 6. The Kier molecular flexibility index (Phi) is 4.20. The maximum absolute atomic E-state index is 5.55. The van der Waals surface area contributed by atoms with E-state index in [1.54, 1.807) is 11.3 Å². The van der Waals surface area contributed by atoms with Crippen molar-refractivity contribution < 1.29 is 4.42 Å². The van der Waals surface area contributed by atoms with Gasteiger partial charge in [0.05, 0.1) is 12.2 Å². The number of hydrogen-bond donors (Lipinski definition) is 1. The molecule has 0 aliphatic rings. The number of aryl methyl sites for hydroxylation is 3. The van der Waals surface area contributed by atoms with Gasteiger partial charge in [-0.05, 0) is 38.1 Å². The summed E-state index contributed by atoms with van der Waals surface area (Å²) in [5.41, 5.74) is 3.09. The van der Waals surface area contributed by atoms with Gasteiger partial charge in [-0.15, -0.1) is 21.5 Å². The van der Waals surface area contributed by atoms with Crippen LogP contribution in [0.2, 0.25) is 0 Å². The predicted octanol–water partition coefficient (Wildman–Crippen LogP) is 3.98. The summed E-state index contributed by atoms with van der Waals surface area (Å²) >= 11 is 1.73. The van der Waals surface area contributed by atoms with E-state index < -0.39 is 0 Å². The van der Waals surface area contributed by atoms with Gasteiger partial charge < -0.3 is 9.73 Å².